The summed E-state index contributed by atoms with van der Waals surface area (Å²) in [6, 6.07) is 18.2. The molecule has 0 aliphatic carbocycles. The van der Waals surface area contributed by atoms with Gasteiger partial charge in [-0.05, 0) is 12.1 Å². The minimum atomic E-state index is -1.40. The van der Waals surface area contributed by atoms with Crippen LogP contribution < -0.4 is 5.43 Å². The Hall–Kier alpha value is -4.27. The van der Waals surface area contributed by atoms with Crippen molar-refractivity contribution in [2.45, 2.75) is 12.8 Å². The number of aliphatic carboxylic acids is 2. The number of benzene rings is 2. The fraction of sp³-hybridized carbons (Fsp3) is 0.0952. The van der Waals surface area contributed by atoms with Crippen LogP contribution in [0.4, 0.5) is 0 Å². The van der Waals surface area contributed by atoms with Gasteiger partial charge in [0.2, 0.25) is 0 Å². The summed E-state index contributed by atoms with van der Waals surface area (Å²) in [5.41, 5.74) is 3.77. The molecule has 30 heavy (non-hydrogen) atoms. The first-order valence-electron chi connectivity index (χ1n) is 8.98. The summed E-state index contributed by atoms with van der Waals surface area (Å²) in [4.78, 5) is 34.7. The SMILES string of the molecule is O=C(O)CC/C(=N\NC(=O)c1cn(-c2ccccc2)nc1-c1ccccc1)C(=O)O. The van der Waals surface area contributed by atoms with Gasteiger partial charge in [0.25, 0.3) is 5.91 Å². The number of carboxylic acids is 2. The van der Waals surface area contributed by atoms with Crippen molar-refractivity contribution in [3.05, 3.63) is 72.4 Å². The molecule has 1 amide bonds. The number of hydrazone groups is 1. The molecular formula is C21H18N4O5. The lowest BCUT2D eigenvalue weighted by atomic mass is 10.1. The van der Waals surface area contributed by atoms with Crippen LogP contribution in [0.3, 0.4) is 0 Å². The van der Waals surface area contributed by atoms with Crippen molar-refractivity contribution in [2.75, 3.05) is 0 Å². The summed E-state index contributed by atoms with van der Waals surface area (Å²) < 4.78 is 1.55. The highest BCUT2D eigenvalue weighted by atomic mass is 16.4. The zero-order valence-electron chi connectivity index (χ0n) is 15.7. The maximum atomic E-state index is 12.8. The molecule has 0 bridgehead atoms. The quantitative estimate of drug-likeness (QED) is 0.389. The number of carbonyl (C=O) groups excluding carboxylic acids is 1. The second kappa shape index (κ2) is 9.28. The topological polar surface area (TPSA) is 134 Å². The van der Waals surface area contributed by atoms with Crippen molar-refractivity contribution in [1.82, 2.24) is 15.2 Å². The number of carboxylic acid groups (broad SMARTS) is 2. The Labute approximate surface area is 171 Å². The number of rotatable bonds is 8. The van der Waals surface area contributed by atoms with Crippen molar-refractivity contribution < 1.29 is 24.6 Å². The minimum absolute atomic E-state index is 0.191. The molecular weight excluding hydrogens is 388 g/mol. The number of aromatic nitrogens is 2. The van der Waals surface area contributed by atoms with E-state index >= 15 is 0 Å². The Morgan fingerprint density at radius 1 is 0.933 bits per heavy atom. The van der Waals surface area contributed by atoms with E-state index in [1.165, 1.54) is 6.20 Å². The van der Waals surface area contributed by atoms with E-state index in [0.29, 0.717) is 11.3 Å². The molecule has 152 valence electrons. The van der Waals surface area contributed by atoms with Gasteiger partial charge in [-0.3, -0.25) is 9.59 Å². The first kappa shape index (κ1) is 20.5. The van der Waals surface area contributed by atoms with Gasteiger partial charge in [0.15, 0.2) is 0 Å². The molecule has 9 nitrogen and oxygen atoms in total. The Balaban J connectivity index is 1.94. The van der Waals surface area contributed by atoms with E-state index in [2.05, 4.69) is 15.6 Å². The van der Waals surface area contributed by atoms with Crippen molar-refractivity contribution in [3.63, 3.8) is 0 Å². The number of nitrogens with one attached hydrogen (secondary N) is 1. The summed E-state index contributed by atoms with van der Waals surface area (Å²) in [7, 11) is 0. The Kier molecular flexibility index (Phi) is 6.33. The van der Waals surface area contributed by atoms with E-state index in [0.717, 1.165) is 5.69 Å². The summed E-state index contributed by atoms with van der Waals surface area (Å²) in [5, 5.41) is 26.0. The molecule has 0 saturated heterocycles. The van der Waals surface area contributed by atoms with Crippen molar-refractivity contribution in [3.8, 4) is 16.9 Å². The Morgan fingerprint density at radius 3 is 2.17 bits per heavy atom. The molecule has 0 saturated carbocycles. The van der Waals surface area contributed by atoms with Crippen LogP contribution in [0.1, 0.15) is 23.2 Å². The maximum Gasteiger partial charge on any atom is 0.352 e. The van der Waals surface area contributed by atoms with Gasteiger partial charge in [-0.25, -0.2) is 14.9 Å². The molecule has 3 aromatic rings. The number of carbonyl (C=O) groups is 3. The number of hydrogen-bond donors (Lipinski definition) is 3. The monoisotopic (exact) mass is 406 g/mol. The van der Waals surface area contributed by atoms with Gasteiger partial charge in [-0.15, -0.1) is 0 Å². The molecule has 0 atom stereocenters. The molecule has 0 aliphatic rings. The second-order valence-corrected chi connectivity index (χ2v) is 6.24. The minimum Gasteiger partial charge on any atom is -0.481 e. The fourth-order valence-electron chi connectivity index (χ4n) is 2.68. The predicted molar refractivity (Wildman–Crippen MR) is 108 cm³/mol. The zero-order chi connectivity index (χ0) is 21.5. The van der Waals surface area contributed by atoms with Gasteiger partial charge in [0.1, 0.15) is 11.4 Å². The maximum absolute atomic E-state index is 12.8. The van der Waals surface area contributed by atoms with Gasteiger partial charge < -0.3 is 10.2 Å². The van der Waals surface area contributed by atoms with Gasteiger partial charge in [0.05, 0.1) is 17.7 Å². The highest BCUT2D eigenvalue weighted by Crippen LogP contribution is 2.23. The van der Waals surface area contributed by atoms with Crippen LogP contribution in [0, 0.1) is 0 Å². The van der Waals surface area contributed by atoms with Gasteiger partial charge in [-0.1, -0.05) is 48.5 Å². The smallest absolute Gasteiger partial charge is 0.352 e. The number of hydrogen-bond acceptors (Lipinski definition) is 5. The fourth-order valence-corrected chi connectivity index (χ4v) is 2.68. The average molecular weight is 406 g/mol. The van der Waals surface area contributed by atoms with E-state index in [1.807, 2.05) is 48.5 Å². The third-order valence-corrected chi connectivity index (χ3v) is 4.14. The van der Waals surface area contributed by atoms with Gasteiger partial charge in [0, 0.05) is 18.2 Å². The molecule has 3 rings (SSSR count). The van der Waals surface area contributed by atoms with Crippen molar-refractivity contribution >= 4 is 23.6 Å². The first-order chi connectivity index (χ1) is 14.5. The standard InChI is InChI=1S/C21H18N4O5/c26-18(27)12-11-17(21(29)30)22-23-20(28)16-13-25(15-9-5-2-6-10-15)24-19(16)14-7-3-1-4-8-14/h1-10,13H,11-12H2,(H,23,28)(H,26,27)(H,29,30)/b22-17+. The second-order valence-electron chi connectivity index (χ2n) is 6.24. The molecule has 1 heterocycles. The van der Waals surface area contributed by atoms with E-state index in [4.69, 9.17) is 10.2 Å². The summed E-state index contributed by atoms with van der Waals surface area (Å²) in [5.74, 6) is -3.23. The molecule has 0 unspecified atom stereocenters. The van der Waals surface area contributed by atoms with Gasteiger partial charge in [-0.2, -0.15) is 10.2 Å². The lowest BCUT2D eigenvalue weighted by molar-refractivity contribution is -0.136. The summed E-state index contributed by atoms with van der Waals surface area (Å²) >= 11 is 0. The number of nitrogens with zero attached hydrogens (tertiary/aromatic N) is 3. The number of para-hydroxylation sites is 1. The zero-order valence-corrected chi connectivity index (χ0v) is 15.7. The Morgan fingerprint density at radius 2 is 1.57 bits per heavy atom. The summed E-state index contributed by atoms with van der Waals surface area (Å²) in [6.07, 6.45) is 0.794. The molecule has 0 fully saturated rings. The third-order valence-electron chi connectivity index (χ3n) is 4.14. The third kappa shape index (κ3) is 4.96. The molecule has 0 aliphatic heterocycles. The highest BCUT2D eigenvalue weighted by Gasteiger charge is 2.19. The molecule has 0 radical (unpaired) electrons. The van der Waals surface area contributed by atoms with Crippen LogP contribution in [0.25, 0.3) is 16.9 Å². The van der Waals surface area contributed by atoms with Crippen molar-refractivity contribution in [2.24, 2.45) is 5.10 Å². The molecule has 1 aromatic heterocycles. The predicted octanol–water partition coefficient (Wildman–Crippen LogP) is 2.57. The molecule has 9 heteroatoms. The molecule has 2 aromatic carbocycles. The van der Waals surface area contributed by atoms with E-state index in [9.17, 15) is 14.4 Å². The van der Waals surface area contributed by atoms with Crippen LogP contribution >= 0.6 is 0 Å². The van der Waals surface area contributed by atoms with Crippen LogP contribution in [-0.2, 0) is 9.59 Å². The van der Waals surface area contributed by atoms with Crippen molar-refractivity contribution in [1.29, 1.82) is 0 Å². The van der Waals surface area contributed by atoms with Crippen LogP contribution in [0.15, 0.2) is 72.0 Å². The van der Waals surface area contributed by atoms with E-state index in [-0.39, 0.29) is 12.0 Å². The molecule has 3 N–H and O–H groups in total. The highest BCUT2D eigenvalue weighted by molar-refractivity contribution is 6.35. The lowest BCUT2D eigenvalue weighted by Gasteiger charge is -2.03. The Bertz CT molecular complexity index is 1090. The van der Waals surface area contributed by atoms with E-state index < -0.39 is 30.0 Å². The summed E-state index contributed by atoms with van der Waals surface area (Å²) in [6.45, 7) is 0. The normalized spacial score (nSPS) is 11.1. The van der Waals surface area contributed by atoms with Crippen LogP contribution in [-0.4, -0.2) is 43.6 Å². The largest absolute Gasteiger partial charge is 0.481 e. The average Bonchev–Trinajstić information content (AvgIpc) is 3.20. The molecule has 0 spiro atoms. The van der Waals surface area contributed by atoms with Crippen LogP contribution in [0.5, 0.6) is 0 Å². The van der Waals surface area contributed by atoms with E-state index in [1.54, 1.807) is 16.8 Å². The lowest BCUT2D eigenvalue weighted by Crippen LogP contribution is -2.24. The number of amides is 1. The van der Waals surface area contributed by atoms with Gasteiger partial charge >= 0.3 is 11.9 Å². The van der Waals surface area contributed by atoms with Crippen LogP contribution in [0.2, 0.25) is 0 Å². The first-order valence-corrected chi connectivity index (χ1v) is 8.98.